The minimum Gasteiger partial charge on any atom is -0.378 e. The van der Waals surface area contributed by atoms with Crippen molar-refractivity contribution in [2.75, 3.05) is 36.8 Å². The normalized spacial score (nSPS) is 15.8. The predicted octanol–water partition coefficient (Wildman–Crippen LogP) is 1.31. The minimum absolute atomic E-state index is 0.0641. The van der Waals surface area contributed by atoms with E-state index in [2.05, 4.69) is 4.72 Å². The molecule has 0 radical (unpaired) electrons. The summed E-state index contributed by atoms with van der Waals surface area (Å²) >= 11 is 0. The van der Waals surface area contributed by atoms with Gasteiger partial charge >= 0.3 is 0 Å². The number of sulfonamides is 1. The van der Waals surface area contributed by atoms with E-state index in [0.29, 0.717) is 44.0 Å². The number of carbonyl (C=O) groups excluding carboxylic acids is 1. The van der Waals surface area contributed by atoms with E-state index in [1.54, 1.807) is 36.1 Å². The van der Waals surface area contributed by atoms with E-state index in [-0.39, 0.29) is 11.7 Å². The van der Waals surface area contributed by atoms with E-state index in [1.807, 2.05) is 0 Å². The van der Waals surface area contributed by atoms with Gasteiger partial charge in [-0.05, 0) is 24.6 Å². The second kappa shape index (κ2) is 6.91. The molecule has 1 heterocycles. The highest BCUT2D eigenvalue weighted by molar-refractivity contribution is 7.92. The molecule has 1 aromatic rings. The molecule has 1 saturated heterocycles. The lowest BCUT2D eigenvalue weighted by Crippen LogP contribution is -2.40. The molecule has 1 aromatic carbocycles. The third-order valence-corrected chi connectivity index (χ3v) is 4.65. The lowest BCUT2D eigenvalue weighted by Gasteiger charge is -2.27. The van der Waals surface area contributed by atoms with Crippen molar-refractivity contribution in [2.45, 2.75) is 13.3 Å². The molecule has 6 nitrogen and oxygen atoms in total. The second-order valence-electron chi connectivity index (χ2n) is 4.91. The first-order chi connectivity index (χ1) is 10.0. The summed E-state index contributed by atoms with van der Waals surface area (Å²) in [5, 5.41) is 0. The van der Waals surface area contributed by atoms with E-state index in [4.69, 9.17) is 4.74 Å². The number of amides is 1. The summed E-state index contributed by atoms with van der Waals surface area (Å²) in [5.41, 5.74) is 0.899. The first kappa shape index (κ1) is 15.8. The van der Waals surface area contributed by atoms with Crippen molar-refractivity contribution in [1.82, 2.24) is 4.90 Å². The monoisotopic (exact) mass is 312 g/mol. The van der Waals surface area contributed by atoms with E-state index in [0.717, 1.165) is 0 Å². The summed E-state index contributed by atoms with van der Waals surface area (Å²) < 4.78 is 31.2. The third kappa shape index (κ3) is 4.44. The fourth-order valence-electron chi connectivity index (χ4n) is 2.16. The number of hydrogen-bond acceptors (Lipinski definition) is 4. The average Bonchev–Trinajstić information content (AvgIpc) is 2.47. The van der Waals surface area contributed by atoms with Gasteiger partial charge < -0.3 is 9.64 Å². The van der Waals surface area contributed by atoms with Crippen molar-refractivity contribution >= 4 is 21.6 Å². The van der Waals surface area contributed by atoms with Crippen LogP contribution in [0.15, 0.2) is 24.3 Å². The molecule has 0 aromatic heterocycles. The fourth-order valence-corrected chi connectivity index (χ4v) is 3.29. The van der Waals surface area contributed by atoms with E-state index < -0.39 is 10.0 Å². The van der Waals surface area contributed by atoms with E-state index in [9.17, 15) is 13.2 Å². The molecule has 0 spiro atoms. The van der Waals surface area contributed by atoms with Crippen LogP contribution < -0.4 is 4.72 Å². The van der Waals surface area contributed by atoms with Crippen LogP contribution in [0.2, 0.25) is 0 Å². The Morgan fingerprint density at radius 3 is 2.71 bits per heavy atom. The van der Waals surface area contributed by atoms with Crippen molar-refractivity contribution in [2.24, 2.45) is 0 Å². The number of hydrogen-bond donors (Lipinski definition) is 1. The van der Waals surface area contributed by atoms with Crippen molar-refractivity contribution in [3.63, 3.8) is 0 Å². The largest absolute Gasteiger partial charge is 0.378 e. The SMILES string of the molecule is CCCS(=O)(=O)Nc1cccc(C(=O)N2CCOCC2)c1. The maximum absolute atomic E-state index is 12.3. The number of carbonyl (C=O) groups is 1. The lowest BCUT2D eigenvalue weighted by atomic mass is 10.1. The van der Waals surface area contributed by atoms with Gasteiger partial charge in [-0.3, -0.25) is 9.52 Å². The Kier molecular flexibility index (Phi) is 5.19. The van der Waals surface area contributed by atoms with Crippen molar-refractivity contribution in [1.29, 1.82) is 0 Å². The van der Waals surface area contributed by atoms with Gasteiger partial charge in [-0.2, -0.15) is 0 Å². The zero-order valence-corrected chi connectivity index (χ0v) is 12.9. The summed E-state index contributed by atoms with van der Waals surface area (Å²) in [6.07, 6.45) is 0.543. The van der Waals surface area contributed by atoms with Crippen LogP contribution in [0.4, 0.5) is 5.69 Å². The van der Waals surface area contributed by atoms with Crippen molar-refractivity contribution < 1.29 is 17.9 Å². The number of nitrogens with one attached hydrogen (secondary N) is 1. The highest BCUT2D eigenvalue weighted by Gasteiger charge is 2.19. The Morgan fingerprint density at radius 1 is 1.33 bits per heavy atom. The van der Waals surface area contributed by atoms with Gasteiger partial charge in [0.1, 0.15) is 0 Å². The Hall–Kier alpha value is -1.60. The zero-order valence-electron chi connectivity index (χ0n) is 12.0. The van der Waals surface area contributed by atoms with Crippen LogP contribution in [-0.2, 0) is 14.8 Å². The van der Waals surface area contributed by atoms with Crippen LogP contribution in [0.5, 0.6) is 0 Å². The molecule has 7 heteroatoms. The van der Waals surface area contributed by atoms with Crippen LogP contribution in [-0.4, -0.2) is 51.3 Å². The first-order valence-electron chi connectivity index (χ1n) is 6.99. The van der Waals surface area contributed by atoms with Crippen LogP contribution in [0, 0.1) is 0 Å². The van der Waals surface area contributed by atoms with Crippen LogP contribution in [0.3, 0.4) is 0 Å². The number of morpholine rings is 1. The molecule has 0 saturated carbocycles. The molecule has 0 aliphatic carbocycles. The summed E-state index contributed by atoms with van der Waals surface area (Å²) in [5.74, 6) is -0.0379. The average molecular weight is 312 g/mol. The summed E-state index contributed by atoms with van der Waals surface area (Å²) in [7, 11) is -3.35. The maximum atomic E-state index is 12.3. The van der Waals surface area contributed by atoms with Gasteiger partial charge in [0, 0.05) is 24.3 Å². The van der Waals surface area contributed by atoms with Crippen molar-refractivity contribution in [3.05, 3.63) is 29.8 Å². The topological polar surface area (TPSA) is 75.7 Å². The van der Waals surface area contributed by atoms with Gasteiger partial charge in [0.2, 0.25) is 10.0 Å². The fraction of sp³-hybridized carbons (Fsp3) is 0.500. The molecule has 1 fully saturated rings. The Labute approximate surface area is 125 Å². The highest BCUT2D eigenvalue weighted by Crippen LogP contribution is 2.15. The Bertz CT molecular complexity index is 595. The van der Waals surface area contributed by atoms with E-state index in [1.165, 1.54) is 0 Å². The van der Waals surface area contributed by atoms with Gasteiger partial charge in [0.15, 0.2) is 0 Å². The summed E-state index contributed by atoms with van der Waals surface area (Å²) in [4.78, 5) is 14.0. The smallest absolute Gasteiger partial charge is 0.254 e. The first-order valence-corrected chi connectivity index (χ1v) is 8.64. The molecule has 21 heavy (non-hydrogen) atoms. The number of nitrogens with zero attached hydrogens (tertiary/aromatic N) is 1. The summed E-state index contributed by atoms with van der Waals surface area (Å²) in [6, 6.07) is 6.58. The molecule has 0 bridgehead atoms. The molecule has 116 valence electrons. The quantitative estimate of drug-likeness (QED) is 0.889. The number of rotatable bonds is 5. The zero-order chi connectivity index (χ0) is 15.3. The molecule has 1 amide bonds. The molecule has 1 N–H and O–H groups in total. The second-order valence-corrected chi connectivity index (χ2v) is 6.75. The van der Waals surface area contributed by atoms with Crippen LogP contribution in [0.25, 0.3) is 0 Å². The number of benzene rings is 1. The lowest BCUT2D eigenvalue weighted by molar-refractivity contribution is 0.0303. The predicted molar refractivity (Wildman–Crippen MR) is 80.9 cm³/mol. The van der Waals surface area contributed by atoms with E-state index >= 15 is 0 Å². The molecular formula is C14H20N2O4S. The summed E-state index contributed by atoms with van der Waals surface area (Å²) in [6.45, 7) is 4.00. The van der Waals surface area contributed by atoms with Gasteiger partial charge in [0.25, 0.3) is 5.91 Å². The highest BCUT2D eigenvalue weighted by atomic mass is 32.2. The van der Waals surface area contributed by atoms with Gasteiger partial charge in [-0.15, -0.1) is 0 Å². The standard InChI is InChI=1S/C14H20N2O4S/c1-2-10-21(18,19)15-13-5-3-4-12(11-13)14(17)16-6-8-20-9-7-16/h3-5,11,15H,2,6-10H2,1H3. The molecule has 1 aliphatic rings. The molecule has 1 aliphatic heterocycles. The van der Waals surface area contributed by atoms with Crippen LogP contribution >= 0.6 is 0 Å². The third-order valence-electron chi connectivity index (χ3n) is 3.15. The number of ether oxygens (including phenoxy) is 1. The minimum atomic E-state index is -3.35. The molecular weight excluding hydrogens is 292 g/mol. The van der Waals surface area contributed by atoms with Gasteiger partial charge in [0.05, 0.1) is 19.0 Å². The number of anilines is 1. The van der Waals surface area contributed by atoms with Crippen LogP contribution in [0.1, 0.15) is 23.7 Å². The Balaban J connectivity index is 2.11. The molecule has 0 unspecified atom stereocenters. The Morgan fingerprint density at radius 2 is 2.05 bits per heavy atom. The van der Waals surface area contributed by atoms with Gasteiger partial charge in [-0.1, -0.05) is 13.0 Å². The maximum Gasteiger partial charge on any atom is 0.254 e. The van der Waals surface area contributed by atoms with Gasteiger partial charge in [-0.25, -0.2) is 8.42 Å². The molecule has 2 rings (SSSR count). The molecule has 0 atom stereocenters. The van der Waals surface area contributed by atoms with Crippen molar-refractivity contribution in [3.8, 4) is 0 Å².